The third kappa shape index (κ3) is 4.25. The van der Waals surface area contributed by atoms with Crippen LogP contribution in [0.5, 0.6) is 5.75 Å². The SMILES string of the molecule is COc1ccc(S(=O)(=O)NC(CO)C(=O)Nc2ccc3cn[nH]c3c2)cc1. The summed E-state index contributed by atoms with van der Waals surface area (Å²) in [4.78, 5) is 12.3. The van der Waals surface area contributed by atoms with Gasteiger partial charge in [-0.1, -0.05) is 0 Å². The van der Waals surface area contributed by atoms with Crippen molar-refractivity contribution in [3.63, 3.8) is 0 Å². The summed E-state index contributed by atoms with van der Waals surface area (Å²) in [5.41, 5.74) is 1.16. The number of nitrogens with one attached hydrogen (secondary N) is 3. The molecule has 1 unspecified atom stereocenters. The molecule has 3 aromatic rings. The fourth-order valence-corrected chi connectivity index (χ4v) is 3.61. The van der Waals surface area contributed by atoms with Gasteiger partial charge in [0.1, 0.15) is 11.8 Å². The molecule has 1 heterocycles. The maximum atomic E-state index is 12.4. The number of methoxy groups -OCH3 is 1. The average molecular weight is 390 g/mol. The van der Waals surface area contributed by atoms with Crippen molar-refractivity contribution in [1.29, 1.82) is 0 Å². The first kappa shape index (κ1) is 18.8. The van der Waals surface area contributed by atoms with Crippen LogP contribution in [0.25, 0.3) is 10.9 Å². The van der Waals surface area contributed by atoms with E-state index >= 15 is 0 Å². The average Bonchev–Trinajstić information content (AvgIpc) is 3.14. The lowest BCUT2D eigenvalue weighted by atomic mass is 10.2. The summed E-state index contributed by atoms with van der Waals surface area (Å²) in [6, 6.07) is 9.39. The highest BCUT2D eigenvalue weighted by Crippen LogP contribution is 2.18. The number of sulfonamides is 1. The van der Waals surface area contributed by atoms with Gasteiger partial charge in [0.15, 0.2) is 0 Å². The van der Waals surface area contributed by atoms with Gasteiger partial charge in [0.2, 0.25) is 15.9 Å². The fourth-order valence-electron chi connectivity index (χ4n) is 2.43. The highest BCUT2D eigenvalue weighted by atomic mass is 32.2. The third-order valence-electron chi connectivity index (χ3n) is 3.88. The molecule has 0 aliphatic carbocycles. The highest BCUT2D eigenvalue weighted by molar-refractivity contribution is 7.89. The first-order valence-electron chi connectivity index (χ1n) is 7.94. The van der Waals surface area contributed by atoms with Crippen LogP contribution >= 0.6 is 0 Å². The Kier molecular flexibility index (Phi) is 5.40. The molecule has 10 heteroatoms. The Balaban J connectivity index is 1.73. The number of hydrogen-bond acceptors (Lipinski definition) is 6. The second kappa shape index (κ2) is 7.74. The van der Waals surface area contributed by atoms with Crippen molar-refractivity contribution < 1.29 is 23.1 Å². The van der Waals surface area contributed by atoms with Gasteiger partial charge >= 0.3 is 0 Å². The summed E-state index contributed by atoms with van der Waals surface area (Å²) in [7, 11) is -2.54. The van der Waals surface area contributed by atoms with Crippen LogP contribution in [-0.2, 0) is 14.8 Å². The molecule has 0 fully saturated rings. The molecule has 1 atom stereocenters. The van der Waals surface area contributed by atoms with E-state index in [2.05, 4.69) is 20.2 Å². The Morgan fingerprint density at radius 1 is 1.26 bits per heavy atom. The summed E-state index contributed by atoms with van der Waals surface area (Å²) >= 11 is 0. The monoisotopic (exact) mass is 390 g/mol. The second-order valence-corrected chi connectivity index (χ2v) is 7.41. The molecule has 0 saturated heterocycles. The first-order chi connectivity index (χ1) is 12.9. The molecular weight excluding hydrogens is 372 g/mol. The summed E-state index contributed by atoms with van der Waals surface area (Å²) in [5.74, 6) is -0.187. The quantitative estimate of drug-likeness (QED) is 0.473. The fraction of sp³-hybridized carbons (Fsp3) is 0.176. The summed E-state index contributed by atoms with van der Waals surface area (Å²) in [6.45, 7) is -0.701. The molecule has 9 nitrogen and oxygen atoms in total. The molecule has 1 amide bonds. The minimum absolute atomic E-state index is 0.0478. The number of amides is 1. The number of carbonyl (C=O) groups excluding carboxylic acids is 1. The normalized spacial score (nSPS) is 12.7. The van der Waals surface area contributed by atoms with Crippen LogP contribution < -0.4 is 14.8 Å². The van der Waals surface area contributed by atoms with E-state index < -0.39 is 28.6 Å². The Morgan fingerprint density at radius 2 is 2.00 bits per heavy atom. The smallest absolute Gasteiger partial charge is 0.244 e. The topological polar surface area (TPSA) is 133 Å². The number of benzene rings is 2. The Hall–Kier alpha value is -2.95. The molecular formula is C17H18N4O5S. The zero-order valence-corrected chi connectivity index (χ0v) is 15.2. The molecule has 0 aliphatic heterocycles. The predicted molar refractivity (Wildman–Crippen MR) is 98.9 cm³/mol. The van der Waals surface area contributed by atoms with Crippen LogP contribution in [0.15, 0.2) is 53.6 Å². The lowest BCUT2D eigenvalue weighted by Crippen LogP contribution is -2.46. The number of aliphatic hydroxyl groups excluding tert-OH is 1. The predicted octanol–water partition coefficient (Wildman–Crippen LogP) is 0.849. The van der Waals surface area contributed by atoms with E-state index in [1.165, 1.54) is 31.4 Å². The van der Waals surface area contributed by atoms with Crippen molar-refractivity contribution in [2.45, 2.75) is 10.9 Å². The summed E-state index contributed by atoms with van der Waals surface area (Å²) in [6.07, 6.45) is 1.64. The number of aromatic amines is 1. The number of nitrogens with zero attached hydrogens (tertiary/aromatic N) is 1. The minimum atomic E-state index is -4.00. The van der Waals surface area contributed by atoms with Crippen molar-refractivity contribution in [3.05, 3.63) is 48.7 Å². The van der Waals surface area contributed by atoms with E-state index in [9.17, 15) is 18.3 Å². The number of rotatable bonds is 7. The number of ether oxygens (including phenoxy) is 1. The van der Waals surface area contributed by atoms with E-state index in [4.69, 9.17) is 4.74 Å². The maximum absolute atomic E-state index is 12.4. The molecule has 2 aromatic carbocycles. The van der Waals surface area contributed by atoms with Crippen molar-refractivity contribution >= 4 is 32.5 Å². The van der Waals surface area contributed by atoms with E-state index in [1.54, 1.807) is 24.4 Å². The molecule has 0 aliphatic rings. The molecule has 27 heavy (non-hydrogen) atoms. The number of H-pyrrole nitrogens is 1. The highest BCUT2D eigenvalue weighted by Gasteiger charge is 2.25. The van der Waals surface area contributed by atoms with Crippen LogP contribution in [0.3, 0.4) is 0 Å². The molecule has 3 rings (SSSR count). The van der Waals surface area contributed by atoms with Crippen molar-refractivity contribution in [1.82, 2.24) is 14.9 Å². The molecule has 0 spiro atoms. The van der Waals surface area contributed by atoms with Gasteiger partial charge < -0.3 is 15.2 Å². The van der Waals surface area contributed by atoms with Gasteiger partial charge in [0.25, 0.3) is 0 Å². The second-order valence-electron chi connectivity index (χ2n) is 5.69. The molecule has 1 aromatic heterocycles. The van der Waals surface area contributed by atoms with E-state index in [-0.39, 0.29) is 4.90 Å². The zero-order chi connectivity index (χ0) is 19.4. The van der Waals surface area contributed by atoms with Gasteiger partial charge in [-0.25, -0.2) is 8.42 Å². The van der Waals surface area contributed by atoms with Gasteiger partial charge in [-0.2, -0.15) is 9.82 Å². The van der Waals surface area contributed by atoms with Crippen molar-refractivity contribution in [2.75, 3.05) is 19.0 Å². The van der Waals surface area contributed by atoms with Gasteiger partial charge in [0, 0.05) is 11.1 Å². The number of carbonyl (C=O) groups is 1. The Bertz CT molecular complexity index is 1050. The van der Waals surface area contributed by atoms with Crippen LogP contribution in [0.4, 0.5) is 5.69 Å². The van der Waals surface area contributed by atoms with Gasteiger partial charge in [0.05, 0.1) is 30.3 Å². The third-order valence-corrected chi connectivity index (χ3v) is 5.36. The first-order valence-corrected chi connectivity index (χ1v) is 9.42. The van der Waals surface area contributed by atoms with Crippen molar-refractivity contribution in [2.24, 2.45) is 0 Å². The lowest BCUT2D eigenvalue weighted by Gasteiger charge is -2.16. The van der Waals surface area contributed by atoms with Crippen LogP contribution in [0, 0.1) is 0 Å². The molecule has 0 bridgehead atoms. The number of anilines is 1. The molecule has 0 radical (unpaired) electrons. The molecule has 142 valence electrons. The number of aliphatic hydroxyl groups is 1. The Morgan fingerprint density at radius 3 is 2.67 bits per heavy atom. The molecule has 4 N–H and O–H groups in total. The maximum Gasteiger partial charge on any atom is 0.244 e. The van der Waals surface area contributed by atoms with E-state index in [1.807, 2.05) is 0 Å². The van der Waals surface area contributed by atoms with Crippen molar-refractivity contribution in [3.8, 4) is 5.75 Å². The van der Waals surface area contributed by atoms with Gasteiger partial charge in [-0.15, -0.1) is 0 Å². The van der Waals surface area contributed by atoms with Crippen LogP contribution in [0.2, 0.25) is 0 Å². The minimum Gasteiger partial charge on any atom is -0.497 e. The summed E-state index contributed by atoms with van der Waals surface area (Å²) in [5, 5.41) is 19.6. The van der Waals surface area contributed by atoms with Crippen LogP contribution in [-0.4, -0.2) is 49.4 Å². The summed E-state index contributed by atoms with van der Waals surface area (Å²) < 4.78 is 32.1. The lowest BCUT2D eigenvalue weighted by molar-refractivity contribution is -0.118. The largest absolute Gasteiger partial charge is 0.497 e. The standard InChI is InChI=1S/C17H18N4O5S/c1-26-13-4-6-14(7-5-13)27(24,25)21-16(10-22)17(23)19-12-3-2-11-9-18-20-15(11)8-12/h2-9,16,21-22H,10H2,1H3,(H,18,20)(H,19,23). The van der Waals surface area contributed by atoms with E-state index in [0.29, 0.717) is 17.0 Å². The number of fused-ring (bicyclic) bond motifs is 1. The molecule has 0 saturated carbocycles. The van der Waals surface area contributed by atoms with E-state index in [0.717, 1.165) is 5.39 Å². The van der Waals surface area contributed by atoms with Crippen LogP contribution in [0.1, 0.15) is 0 Å². The zero-order valence-electron chi connectivity index (χ0n) is 14.3. The van der Waals surface area contributed by atoms with Gasteiger partial charge in [-0.3, -0.25) is 9.89 Å². The Labute approximate surface area is 155 Å². The number of hydrogen-bond donors (Lipinski definition) is 4. The van der Waals surface area contributed by atoms with Gasteiger partial charge in [-0.05, 0) is 42.5 Å². The number of aromatic nitrogens is 2.